The van der Waals surface area contributed by atoms with Gasteiger partial charge < -0.3 is 0 Å². The van der Waals surface area contributed by atoms with Crippen LogP contribution in [0.15, 0.2) is 36.4 Å². The van der Waals surface area contributed by atoms with E-state index in [1.807, 2.05) is 13.0 Å². The molecule has 130 valence electrons. The average molecular weight is 380 g/mol. The Balaban J connectivity index is -0.000000114. The molecule has 0 unspecified atom stereocenters. The standard InChI is InChI=1S/C13H16O.5CO.Cr/c1-3-12(10-11-14-4-2)13-8-6-5-7-9-13;5*1-2;/h5-10H,3-4H2,1-2H3;;;;;;/b12-10+;;;;;;. The Morgan fingerprint density at radius 2 is 1.28 bits per heavy atom. The quantitative estimate of drug-likeness (QED) is 0.568. The first kappa shape index (κ1) is 34.4. The molecule has 0 amide bonds. The molecule has 0 bridgehead atoms. The fourth-order valence-electron chi connectivity index (χ4n) is 1.37. The van der Waals surface area contributed by atoms with E-state index >= 15 is 0 Å². The van der Waals surface area contributed by atoms with E-state index in [1.54, 1.807) is 0 Å². The Hall–Kier alpha value is -1.98. The number of hydrogen-bond acceptors (Lipinski definition) is 1. The van der Waals surface area contributed by atoms with Gasteiger partial charge in [0.05, 0.1) is 0 Å². The normalized spacial score (nSPS) is 7.28. The van der Waals surface area contributed by atoms with E-state index in [-0.39, 0.29) is 0 Å². The van der Waals surface area contributed by atoms with Gasteiger partial charge in [-0.05, 0) is 0 Å². The summed E-state index contributed by atoms with van der Waals surface area (Å²) in [5.74, 6) is 0. The zero-order valence-corrected chi connectivity index (χ0v) is 15.0. The second-order valence-corrected chi connectivity index (χ2v) is 3.77. The van der Waals surface area contributed by atoms with Gasteiger partial charge in [0.25, 0.3) is 0 Å². The molecule has 0 aliphatic carbocycles. The van der Waals surface area contributed by atoms with Crippen molar-refractivity contribution in [3.05, 3.63) is 75.2 Å². The number of rotatable bonds is 5. The number of allylic oxidation sites excluding steroid dienone is 1. The Kier molecular flexibility index (Phi) is 52.1. The molecule has 1 aromatic rings. The summed E-state index contributed by atoms with van der Waals surface area (Å²) in [4.78, 5) is 0. The van der Waals surface area contributed by atoms with Gasteiger partial charge >= 0.3 is 156 Å². The van der Waals surface area contributed by atoms with Gasteiger partial charge in [-0.3, -0.25) is 0 Å². The molecule has 0 aromatic heterocycles. The fourth-order valence-corrected chi connectivity index (χ4v) is 1.77. The van der Waals surface area contributed by atoms with E-state index in [1.165, 1.54) is 11.1 Å². The van der Waals surface area contributed by atoms with Gasteiger partial charge in [0.1, 0.15) is 0 Å². The molecule has 0 fully saturated rings. The van der Waals surface area contributed by atoms with Crippen molar-refractivity contribution in [1.29, 1.82) is 0 Å². The molecule has 0 N–H and O–H groups in total. The van der Waals surface area contributed by atoms with Crippen molar-refractivity contribution in [3.63, 3.8) is 0 Å². The predicted octanol–water partition coefficient (Wildman–Crippen LogP) is 3.01. The van der Waals surface area contributed by atoms with Crippen molar-refractivity contribution >= 4 is 10.1 Å². The van der Waals surface area contributed by atoms with Gasteiger partial charge in [-0.2, -0.15) is 0 Å². The summed E-state index contributed by atoms with van der Waals surface area (Å²) >= 11 is 2.93. The molecular weight excluding hydrogens is 364 g/mol. The first-order valence-corrected chi connectivity index (χ1v) is 6.86. The Morgan fingerprint density at radius 1 is 0.880 bits per heavy atom. The summed E-state index contributed by atoms with van der Waals surface area (Å²) in [6.45, 7) is 27.3. The van der Waals surface area contributed by atoms with E-state index in [0.717, 1.165) is 11.0 Å². The minimum atomic E-state index is 0.699. The van der Waals surface area contributed by atoms with E-state index in [0.29, 0.717) is 6.61 Å². The van der Waals surface area contributed by atoms with Crippen LogP contribution >= 0.6 is 0 Å². The minimum absolute atomic E-state index is 0.699. The van der Waals surface area contributed by atoms with Gasteiger partial charge in [0.15, 0.2) is 0 Å². The van der Waals surface area contributed by atoms with Crippen molar-refractivity contribution in [3.8, 4) is 0 Å². The molecule has 25 heavy (non-hydrogen) atoms. The van der Waals surface area contributed by atoms with Gasteiger partial charge in [-0.15, -0.1) is 0 Å². The summed E-state index contributed by atoms with van der Waals surface area (Å²) in [7, 11) is 0. The van der Waals surface area contributed by atoms with Crippen LogP contribution in [0.25, 0.3) is 5.57 Å². The maximum atomic E-state index is 7.50. The van der Waals surface area contributed by atoms with Crippen LogP contribution in [0.5, 0.6) is 0 Å². The van der Waals surface area contributed by atoms with Crippen molar-refractivity contribution < 1.29 is 43.8 Å². The van der Waals surface area contributed by atoms with Crippen molar-refractivity contribution in [1.82, 2.24) is 0 Å². The van der Waals surface area contributed by atoms with E-state index in [4.69, 9.17) is 28.0 Å². The molecular formula is C18H16CrO6. The summed E-state index contributed by atoms with van der Waals surface area (Å²) in [6, 6.07) is 10.4. The second-order valence-electron chi connectivity index (χ2n) is 3.14. The molecule has 0 radical (unpaired) electrons. The van der Waals surface area contributed by atoms with Crippen LogP contribution in [-0.4, -0.2) is 11.2 Å². The molecule has 6 nitrogen and oxygen atoms in total. The van der Waals surface area contributed by atoms with E-state index < -0.39 is 0 Å². The summed E-state index contributed by atoms with van der Waals surface area (Å²) in [6.07, 6.45) is 3.07. The van der Waals surface area contributed by atoms with Crippen molar-refractivity contribution in [2.24, 2.45) is 0 Å². The molecule has 0 saturated carbocycles. The molecule has 0 aliphatic rings. The zero-order valence-electron chi connectivity index (χ0n) is 13.7. The Morgan fingerprint density at radius 3 is 1.60 bits per heavy atom. The monoisotopic (exact) mass is 380 g/mol. The van der Waals surface area contributed by atoms with Crippen LogP contribution in [0.2, 0.25) is 0 Å². The summed E-state index contributed by atoms with van der Waals surface area (Å²) in [5.41, 5.74) is 2.55. The first-order chi connectivity index (χ1) is 12.3. The average Bonchev–Trinajstić information content (AvgIpc) is 2.74. The molecule has 0 atom stereocenters. The van der Waals surface area contributed by atoms with Crippen LogP contribution < -0.4 is 0 Å². The molecule has 1 aromatic carbocycles. The van der Waals surface area contributed by atoms with Crippen LogP contribution in [0, 0.1) is 33.3 Å². The van der Waals surface area contributed by atoms with Crippen molar-refractivity contribution in [2.75, 3.05) is 6.61 Å². The maximum absolute atomic E-state index is 7.50. The third-order valence-electron chi connectivity index (χ3n) is 2.10. The van der Waals surface area contributed by atoms with Crippen molar-refractivity contribution in [2.45, 2.75) is 20.3 Å². The van der Waals surface area contributed by atoms with Gasteiger partial charge in [-0.25, -0.2) is 0 Å². The van der Waals surface area contributed by atoms with E-state index in [2.05, 4.69) is 86.4 Å². The van der Waals surface area contributed by atoms with Crippen LogP contribution in [0.1, 0.15) is 25.8 Å². The third-order valence-corrected chi connectivity index (χ3v) is 2.47. The molecule has 0 aliphatic heterocycles. The molecule has 0 saturated heterocycles. The third kappa shape index (κ3) is 24.4. The summed E-state index contributed by atoms with van der Waals surface area (Å²) < 4.78 is 43.7. The number of ether oxygens (including phenoxy) is 1. The van der Waals surface area contributed by atoms with Crippen LogP contribution in [0.4, 0.5) is 0 Å². The first-order valence-electron chi connectivity index (χ1n) is 6.22. The van der Waals surface area contributed by atoms with Gasteiger partial charge in [0.2, 0.25) is 0 Å². The summed E-state index contributed by atoms with van der Waals surface area (Å²) in [5, 5.41) is 0. The zero-order chi connectivity index (χ0) is 21.1. The SMILES string of the molecule is CCO[C](=[Cr])/C=C(\CC)c1ccccc1.[C-]#[O+].[C-]#[O+].[C-]#[O+].[C-]#[O+].[C-]#[O+]. The predicted molar refractivity (Wildman–Crippen MR) is 81.0 cm³/mol. The van der Waals surface area contributed by atoms with Crippen LogP contribution in [0.3, 0.4) is 0 Å². The Bertz CT molecular complexity index is 503. The molecule has 1 rings (SSSR count). The molecule has 0 spiro atoms. The second kappa shape index (κ2) is 37.9. The number of hydrogen-bond donors (Lipinski definition) is 0. The fraction of sp³-hybridized carbons (Fsp3) is 0.222. The van der Waals surface area contributed by atoms with Gasteiger partial charge in [0, 0.05) is 0 Å². The van der Waals surface area contributed by atoms with Crippen LogP contribution in [-0.2, 0) is 43.8 Å². The number of benzene rings is 1. The molecule has 7 heteroatoms. The topological polar surface area (TPSA) is 109 Å². The Labute approximate surface area is 156 Å². The molecule has 0 heterocycles. The van der Waals surface area contributed by atoms with E-state index in [9.17, 15) is 0 Å². The van der Waals surface area contributed by atoms with Gasteiger partial charge in [-0.1, -0.05) is 0 Å².